The van der Waals surface area contributed by atoms with E-state index in [4.69, 9.17) is 9.47 Å². The first-order valence-corrected chi connectivity index (χ1v) is 40.8. The molecule has 86 heavy (non-hydrogen) atoms. The summed E-state index contributed by atoms with van der Waals surface area (Å²) in [7, 11) is 9.12. The van der Waals surface area contributed by atoms with Gasteiger partial charge in [0.2, 0.25) is 11.8 Å². The van der Waals surface area contributed by atoms with Crippen LogP contribution in [0.5, 0.6) is 0 Å². The van der Waals surface area contributed by atoms with E-state index in [1.54, 1.807) is 75.4 Å². The van der Waals surface area contributed by atoms with Gasteiger partial charge in [-0.2, -0.15) is 35.1 Å². The monoisotopic (exact) mass is 1410 g/mol. The maximum atomic E-state index is 14.4. The lowest BCUT2D eigenvalue weighted by molar-refractivity contribution is -0.245. The molecule has 0 rings (SSSR count). The van der Waals surface area contributed by atoms with E-state index in [2.05, 4.69) is 67.3 Å². The summed E-state index contributed by atoms with van der Waals surface area (Å²) in [4.78, 5) is 47.7. The summed E-state index contributed by atoms with van der Waals surface area (Å²) in [5.41, 5.74) is 0. The van der Waals surface area contributed by atoms with Crippen molar-refractivity contribution in [2.24, 2.45) is 47.3 Å². The molecule has 0 saturated heterocycles. The molecule has 0 saturated carbocycles. The highest BCUT2D eigenvalue weighted by Crippen LogP contribution is 2.45. The first kappa shape index (κ1) is 91.5. The van der Waals surface area contributed by atoms with Gasteiger partial charge in [0.05, 0.1) is 24.7 Å². The topological polar surface area (TPSA) is 111 Å². The molecule has 0 aliphatic rings. The third-order valence-corrected chi connectivity index (χ3v) is 25.8. The van der Waals surface area contributed by atoms with Crippen LogP contribution < -0.4 is 10.6 Å². The summed E-state index contributed by atoms with van der Waals surface area (Å²) in [5, 5.41) is 5.65. The number of halogens is 8. The zero-order valence-electron chi connectivity index (χ0n) is 54.5. The molecule has 0 fully saturated rings. The zero-order chi connectivity index (χ0) is 67.1. The Morgan fingerprint density at radius 3 is 1.29 bits per heavy atom. The minimum atomic E-state index is -4.19. The van der Waals surface area contributed by atoms with Crippen LogP contribution in [0, 0.1) is 47.3 Å². The van der Waals surface area contributed by atoms with Crippen molar-refractivity contribution in [2.45, 2.75) is 274 Å². The molecule has 2 N–H and O–H groups in total. The summed E-state index contributed by atoms with van der Waals surface area (Å²) >= 11 is 10.5. The molecule has 3 unspecified atom stereocenters. The third kappa shape index (κ3) is 48.8. The minimum absolute atomic E-state index is 0.0132. The van der Waals surface area contributed by atoms with Gasteiger partial charge >= 0.3 is 23.7 Å². The Morgan fingerprint density at radius 2 is 0.907 bits per heavy atom. The number of allylic oxidation sites excluding steroid dienone is 1. The minimum Gasteiger partial charge on any atom is -0.498 e. The largest absolute Gasteiger partial charge is 0.498 e. The van der Waals surface area contributed by atoms with Gasteiger partial charge in [-0.15, -0.1) is 11.8 Å². The number of ketones is 2. The van der Waals surface area contributed by atoms with E-state index in [9.17, 15) is 54.3 Å². The molecule has 3 atom stereocenters. The summed E-state index contributed by atoms with van der Waals surface area (Å²) in [6, 6.07) is 0. The molecule has 0 heterocycles. The van der Waals surface area contributed by atoms with Crippen molar-refractivity contribution in [1.29, 1.82) is 0 Å². The fraction of sp³-hybridized carbons (Fsp3) is 0.869. The fourth-order valence-electron chi connectivity index (χ4n) is 7.60. The molecule has 0 bridgehead atoms. The van der Waals surface area contributed by atoms with Gasteiger partial charge in [-0.3, -0.25) is 19.2 Å². The number of carbonyl (C=O) groups excluding carboxylic acids is 4. The Hall–Kier alpha value is -0.930. The second-order valence-corrected chi connectivity index (χ2v) is 36.0. The lowest BCUT2D eigenvalue weighted by Gasteiger charge is -2.33. The predicted molar refractivity (Wildman–Crippen MR) is 366 cm³/mol. The molecule has 0 aliphatic heterocycles. The van der Waals surface area contributed by atoms with Gasteiger partial charge in [-0.1, -0.05) is 194 Å². The summed E-state index contributed by atoms with van der Waals surface area (Å²) in [5.74, 6) is -18.4. The van der Waals surface area contributed by atoms with Crippen molar-refractivity contribution in [1.82, 2.24) is 10.6 Å². The number of rotatable bonds is 43. The number of amides is 2. The first-order chi connectivity index (χ1) is 39.9. The highest BCUT2D eigenvalue weighted by atomic mass is 33.4. The SMILES string of the molecule is C=COC(CC(F)(F)C(F)(F)C(C)C)C(C)C.CC(C)CCCCCCCNC(=O)C/C=C/CC(=O)C(C)C.CC(C)CCCCCCCNC(=O)CCC(CC(=O)C(C)C)SCOC(CC(F)(F)C(F)(F)C(C)C)C(C)C.S=S=S=S=S=S=S=S. The summed E-state index contributed by atoms with van der Waals surface area (Å²) in [6.07, 6.45) is 16.6. The van der Waals surface area contributed by atoms with E-state index >= 15 is 0 Å². The molecular formula is C61H110F8N2O6S9. The number of alkyl halides is 8. The van der Waals surface area contributed by atoms with Gasteiger partial charge in [0.1, 0.15) is 17.7 Å². The number of hydrogen-bond donors (Lipinski definition) is 2. The summed E-state index contributed by atoms with van der Waals surface area (Å²) < 4.78 is 121. The smallest absolute Gasteiger partial charge is 0.314 e. The van der Waals surface area contributed by atoms with E-state index in [1.165, 1.54) is 80.9 Å². The lowest BCUT2D eigenvalue weighted by atomic mass is 9.92. The van der Waals surface area contributed by atoms with Crippen molar-refractivity contribution in [3.05, 3.63) is 25.0 Å². The van der Waals surface area contributed by atoms with Crippen LogP contribution in [0.3, 0.4) is 0 Å². The zero-order valence-corrected chi connectivity index (χ0v) is 61.8. The van der Waals surface area contributed by atoms with Gasteiger partial charge in [0.15, 0.2) is 0 Å². The van der Waals surface area contributed by atoms with Crippen LogP contribution in [0.15, 0.2) is 25.0 Å². The van der Waals surface area contributed by atoms with Gasteiger partial charge in [-0.05, 0) is 42.9 Å². The number of unbranched alkanes of at least 4 members (excludes halogenated alkanes) is 8. The number of Topliss-reactive ketones (excluding diaryl/α,β-unsaturated/α-hetero) is 2. The van der Waals surface area contributed by atoms with Crippen LogP contribution in [-0.2, 0) is 104 Å². The Kier molecular flexibility index (Phi) is 57.0. The maximum Gasteiger partial charge on any atom is 0.314 e. The van der Waals surface area contributed by atoms with Crippen LogP contribution in [-0.4, -0.2) is 83.6 Å². The van der Waals surface area contributed by atoms with E-state index in [1.807, 2.05) is 27.7 Å². The normalized spacial score (nSPS) is 13.1. The average molecular weight is 1410 g/mol. The number of thioether (sulfide) groups is 1. The van der Waals surface area contributed by atoms with Gasteiger partial charge < -0.3 is 20.1 Å². The molecule has 0 aliphatic carbocycles. The molecule has 510 valence electrons. The Labute approximate surface area is 546 Å². The quantitative estimate of drug-likeness (QED) is 0.0203. The lowest BCUT2D eigenvalue weighted by Crippen LogP contribution is -2.47. The standard InChI is InChI=1S/C30H55F4NO3S.C19H35NO2.C12H20F4O.S8/c1-21(2)14-12-10-9-11-13-17-35-28(37)16-15-25(18-26(36)22(3)4)39-20-38-27(23(5)6)19-29(31,32)30(33,34)24(7)8;1-16(2)12-8-6-5-7-11-15-20-19(22)14-10-9-13-18(21)17(3)4;1-6-17-10(8(2)3)7-11(13,14)12(15,16)9(4)5;1-3-5-7-8-6-4-2/h21-25,27H,9-20H2,1-8H3,(H,35,37);9-10,16-17H,5-8,11-15H2,1-4H3,(H,20,22);6,8-10H,1,7H2,2-5H3;/b;10-9+;;. The Balaban J connectivity index is -0.000000598. The van der Waals surface area contributed by atoms with Crippen molar-refractivity contribution < 1.29 is 63.8 Å². The van der Waals surface area contributed by atoms with Crippen molar-refractivity contribution >= 4 is 111 Å². The van der Waals surface area contributed by atoms with E-state index < -0.39 is 66.5 Å². The van der Waals surface area contributed by atoms with Crippen LogP contribution in [0.2, 0.25) is 0 Å². The van der Waals surface area contributed by atoms with Crippen LogP contribution in [0.25, 0.3) is 0 Å². The van der Waals surface area contributed by atoms with E-state index in [0.29, 0.717) is 25.8 Å². The average Bonchev–Trinajstić information content (AvgIpc) is 1.70. The number of nitrogens with one attached hydrogen (secondary N) is 2. The molecular weight excluding hydrogens is 1300 g/mol. The number of carbonyl (C=O) groups is 4. The van der Waals surface area contributed by atoms with Crippen molar-refractivity contribution in [3.8, 4) is 0 Å². The molecule has 0 spiro atoms. The summed E-state index contributed by atoms with van der Waals surface area (Å²) in [6.45, 7) is 31.9. The van der Waals surface area contributed by atoms with Crippen LogP contribution in [0.4, 0.5) is 35.1 Å². The van der Waals surface area contributed by atoms with E-state index in [0.717, 1.165) is 78.0 Å². The predicted octanol–water partition coefficient (Wildman–Crippen LogP) is 18.0. The highest BCUT2D eigenvalue weighted by Gasteiger charge is 2.60. The molecule has 0 aromatic carbocycles. The second kappa shape index (κ2) is 53.6. The van der Waals surface area contributed by atoms with Crippen LogP contribution in [0.1, 0.15) is 233 Å². The molecule has 0 radical (unpaired) electrons. The highest BCUT2D eigenvalue weighted by molar-refractivity contribution is 8.70. The van der Waals surface area contributed by atoms with Crippen molar-refractivity contribution in [2.75, 3.05) is 19.0 Å². The third-order valence-electron chi connectivity index (χ3n) is 13.6. The number of ether oxygens (including phenoxy) is 2. The fourth-order valence-corrected chi connectivity index (χ4v) is 19.6. The molecule has 0 aromatic heterocycles. The van der Waals surface area contributed by atoms with Gasteiger partial charge in [-0.25, -0.2) is 0 Å². The molecule has 2 amide bonds. The molecule has 0 aromatic rings. The Bertz CT molecular complexity index is 2110. The Morgan fingerprint density at radius 1 is 0.512 bits per heavy atom. The van der Waals surface area contributed by atoms with Crippen LogP contribution >= 0.6 is 11.8 Å². The van der Waals surface area contributed by atoms with Gasteiger partial charge in [0.25, 0.3) is 0 Å². The number of hydrogen-bond acceptors (Lipinski definition) is 9. The molecule has 8 nitrogen and oxygen atoms in total. The molecule has 25 heteroatoms. The maximum absolute atomic E-state index is 14.4. The van der Waals surface area contributed by atoms with Crippen molar-refractivity contribution in [3.63, 3.8) is 0 Å². The second-order valence-electron chi connectivity index (χ2n) is 24.2. The van der Waals surface area contributed by atoms with E-state index in [-0.39, 0.29) is 65.2 Å². The first-order valence-electron chi connectivity index (χ1n) is 30.4. The van der Waals surface area contributed by atoms with Gasteiger partial charge in [0, 0.05) is 150 Å².